The van der Waals surface area contributed by atoms with E-state index in [0.717, 1.165) is 12.8 Å². The fourth-order valence-electron chi connectivity index (χ4n) is 4.21. The van der Waals surface area contributed by atoms with E-state index in [1.807, 2.05) is 6.92 Å². The van der Waals surface area contributed by atoms with Crippen LogP contribution in [0.1, 0.15) is 36.5 Å². The number of unbranched alkanes of at least 4 members (excludes halogenated alkanes) is 1. The van der Waals surface area contributed by atoms with Crippen molar-refractivity contribution in [2.45, 2.75) is 25.2 Å². The molecule has 8 nitrogen and oxygen atoms in total. The number of fused-ring (bicyclic) bond motifs is 1. The van der Waals surface area contributed by atoms with Gasteiger partial charge in [0.05, 0.1) is 38.9 Å². The molecule has 180 valence electrons. The van der Waals surface area contributed by atoms with E-state index < -0.39 is 23.3 Å². The number of methoxy groups -OCH3 is 3. The predicted octanol–water partition coefficient (Wildman–Crippen LogP) is 3.77. The smallest absolute Gasteiger partial charge is 0.334 e. The lowest BCUT2D eigenvalue weighted by atomic mass is 9.60. The van der Waals surface area contributed by atoms with E-state index in [4.69, 9.17) is 30.5 Å². The fraction of sp³-hybridized carbons (Fsp3) is 0.360. The van der Waals surface area contributed by atoms with Gasteiger partial charge in [-0.15, -0.1) is 0 Å². The van der Waals surface area contributed by atoms with Gasteiger partial charge in [0.2, 0.25) is 0 Å². The van der Waals surface area contributed by atoms with Crippen LogP contribution in [0.25, 0.3) is 6.08 Å². The Labute approximate surface area is 202 Å². The second-order valence-corrected chi connectivity index (χ2v) is 8.08. The third-order valence-electron chi connectivity index (χ3n) is 5.86. The largest absolute Gasteiger partial charge is 0.493 e. The van der Waals surface area contributed by atoms with Crippen LogP contribution in [-0.2, 0) is 29.3 Å². The Morgan fingerprint density at radius 2 is 1.91 bits per heavy atom. The molecule has 1 aromatic heterocycles. The second kappa shape index (κ2) is 10.7. The summed E-state index contributed by atoms with van der Waals surface area (Å²) >= 11 is 6.16. The molecule has 2 atom stereocenters. The van der Waals surface area contributed by atoms with Crippen LogP contribution in [0.3, 0.4) is 0 Å². The molecule has 1 heterocycles. The van der Waals surface area contributed by atoms with Crippen LogP contribution in [0.2, 0.25) is 5.15 Å². The standard InChI is InChI=1S/C25H26ClNO7/c1-5-6-9-34-20-11-15-10-17(23(29)32-3)22(24(30)33-4)25(14-28,18(15)13-19(20)31-2)16-7-8-27-21(26)12-16/h7-8,10-14,22H,5-6,9H2,1-4H3. The van der Waals surface area contributed by atoms with Crippen molar-refractivity contribution >= 4 is 35.9 Å². The van der Waals surface area contributed by atoms with Gasteiger partial charge in [-0.2, -0.15) is 0 Å². The average Bonchev–Trinajstić information content (AvgIpc) is 2.86. The van der Waals surface area contributed by atoms with E-state index in [0.29, 0.717) is 41.1 Å². The van der Waals surface area contributed by atoms with Gasteiger partial charge in [0.25, 0.3) is 0 Å². The molecule has 34 heavy (non-hydrogen) atoms. The first kappa shape index (κ1) is 25.2. The minimum Gasteiger partial charge on any atom is -0.493 e. The fourth-order valence-corrected chi connectivity index (χ4v) is 4.38. The number of hydrogen-bond acceptors (Lipinski definition) is 8. The van der Waals surface area contributed by atoms with Crippen LogP contribution in [0.4, 0.5) is 0 Å². The topological polar surface area (TPSA) is 101 Å². The molecule has 3 rings (SSSR count). The Kier molecular flexibility index (Phi) is 7.94. The highest BCUT2D eigenvalue weighted by molar-refractivity contribution is 6.29. The van der Waals surface area contributed by atoms with Crippen LogP contribution >= 0.6 is 11.6 Å². The Morgan fingerprint density at radius 1 is 1.15 bits per heavy atom. The summed E-state index contributed by atoms with van der Waals surface area (Å²) in [6, 6.07) is 6.37. The second-order valence-electron chi connectivity index (χ2n) is 7.69. The maximum atomic E-state index is 13.1. The Bertz CT molecular complexity index is 1130. The number of pyridine rings is 1. The lowest BCUT2D eigenvalue weighted by molar-refractivity contribution is -0.150. The molecule has 1 aromatic carbocycles. The molecule has 1 aliphatic carbocycles. The maximum Gasteiger partial charge on any atom is 0.334 e. The lowest BCUT2D eigenvalue weighted by Gasteiger charge is -2.40. The zero-order chi connectivity index (χ0) is 24.9. The Hall–Kier alpha value is -3.39. The van der Waals surface area contributed by atoms with Crippen molar-refractivity contribution in [3.05, 3.63) is 57.9 Å². The van der Waals surface area contributed by atoms with Crippen molar-refractivity contribution in [1.82, 2.24) is 4.98 Å². The first-order chi connectivity index (χ1) is 16.4. The number of nitrogens with zero attached hydrogens (tertiary/aromatic N) is 1. The van der Waals surface area contributed by atoms with Crippen LogP contribution in [0.15, 0.2) is 36.0 Å². The molecule has 0 spiro atoms. The highest BCUT2D eigenvalue weighted by Crippen LogP contribution is 2.50. The Balaban J connectivity index is 2.40. The van der Waals surface area contributed by atoms with Crippen LogP contribution in [0, 0.1) is 5.92 Å². The molecule has 0 saturated heterocycles. The number of esters is 2. The van der Waals surface area contributed by atoms with Crippen molar-refractivity contribution < 1.29 is 33.3 Å². The summed E-state index contributed by atoms with van der Waals surface area (Å²) in [7, 11) is 3.87. The summed E-state index contributed by atoms with van der Waals surface area (Å²) in [5.74, 6) is -2.08. The maximum absolute atomic E-state index is 13.1. The quantitative estimate of drug-likeness (QED) is 0.228. The summed E-state index contributed by atoms with van der Waals surface area (Å²) in [6.45, 7) is 2.51. The summed E-state index contributed by atoms with van der Waals surface area (Å²) in [6.07, 6.45) is 5.33. The number of carbonyl (C=O) groups excluding carboxylic acids is 3. The number of halogens is 1. The van der Waals surface area contributed by atoms with E-state index in [-0.39, 0.29) is 10.7 Å². The number of hydrogen-bond donors (Lipinski definition) is 0. The minimum atomic E-state index is -1.68. The van der Waals surface area contributed by atoms with Gasteiger partial charge in [-0.05, 0) is 53.5 Å². The summed E-state index contributed by atoms with van der Waals surface area (Å²) in [5.41, 5.74) is -0.440. The molecule has 0 radical (unpaired) electrons. The minimum absolute atomic E-state index is 0.0356. The van der Waals surface area contributed by atoms with E-state index >= 15 is 0 Å². The van der Waals surface area contributed by atoms with Crippen molar-refractivity contribution in [1.29, 1.82) is 0 Å². The first-order valence-corrected chi connectivity index (χ1v) is 11.1. The van der Waals surface area contributed by atoms with Crippen LogP contribution < -0.4 is 9.47 Å². The molecule has 0 N–H and O–H groups in total. The normalized spacial score (nSPS) is 18.9. The number of rotatable bonds is 9. The molecular weight excluding hydrogens is 462 g/mol. The van der Waals surface area contributed by atoms with Crippen molar-refractivity contribution in [2.24, 2.45) is 5.92 Å². The number of ether oxygens (including phenoxy) is 4. The van der Waals surface area contributed by atoms with Gasteiger partial charge in [0.15, 0.2) is 11.5 Å². The molecule has 0 bridgehead atoms. The summed E-state index contributed by atoms with van der Waals surface area (Å²) in [5, 5.41) is 0.115. The molecule has 9 heteroatoms. The van der Waals surface area contributed by atoms with Crippen molar-refractivity contribution in [3.8, 4) is 11.5 Å². The molecule has 0 fully saturated rings. The van der Waals surface area contributed by atoms with Gasteiger partial charge in [-0.25, -0.2) is 9.78 Å². The average molecular weight is 488 g/mol. The highest BCUT2D eigenvalue weighted by Gasteiger charge is 2.54. The number of carbonyl (C=O) groups is 3. The SMILES string of the molecule is CCCCOc1cc2c(cc1OC)C(C=O)(c1ccnc(Cl)c1)C(C(=O)OC)C(C(=O)OC)=C2. The van der Waals surface area contributed by atoms with Gasteiger partial charge >= 0.3 is 11.9 Å². The van der Waals surface area contributed by atoms with Gasteiger partial charge in [-0.1, -0.05) is 24.9 Å². The summed E-state index contributed by atoms with van der Waals surface area (Å²) < 4.78 is 21.4. The third kappa shape index (κ3) is 4.37. The molecule has 2 aromatic rings. The number of aldehydes is 1. The van der Waals surface area contributed by atoms with Crippen molar-refractivity contribution in [3.63, 3.8) is 0 Å². The monoisotopic (exact) mass is 487 g/mol. The van der Waals surface area contributed by atoms with Crippen LogP contribution in [-0.4, -0.2) is 51.1 Å². The van der Waals surface area contributed by atoms with E-state index in [2.05, 4.69) is 4.98 Å². The van der Waals surface area contributed by atoms with E-state index in [1.54, 1.807) is 18.2 Å². The van der Waals surface area contributed by atoms with E-state index in [1.165, 1.54) is 39.7 Å². The number of aromatic nitrogens is 1. The zero-order valence-corrected chi connectivity index (χ0v) is 20.2. The Morgan fingerprint density at radius 3 is 2.50 bits per heavy atom. The molecule has 0 aliphatic heterocycles. The molecular formula is C25H26ClNO7. The van der Waals surface area contributed by atoms with Crippen LogP contribution in [0.5, 0.6) is 11.5 Å². The molecule has 2 unspecified atom stereocenters. The lowest BCUT2D eigenvalue weighted by Crippen LogP contribution is -2.47. The molecule has 0 saturated carbocycles. The van der Waals surface area contributed by atoms with Crippen molar-refractivity contribution in [2.75, 3.05) is 27.9 Å². The number of benzene rings is 1. The molecule has 1 aliphatic rings. The third-order valence-corrected chi connectivity index (χ3v) is 6.07. The van der Waals surface area contributed by atoms with Gasteiger partial charge in [-0.3, -0.25) is 4.79 Å². The summed E-state index contributed by atoms with van der Waals surface area (Å²) in [4.78, 5) is 42.9. The van der Waals surface area contributed by atoms with Gasteiger partial charge in [0, 0.05) is 6.20 Å². The van der Waals surface area contributed by atoms with E-state index in [9.17, 15) is 14.4 Å². The van der Waals surface area contributed by atoms with Gasteiger partial charge in [0.1, 0.15) is 17.4 Å². The zero-order valence-electron chi connectivity index (χ0n) is 19.4. The first-order valence-electron chi connectivity index (χ1n) is 10.7. The molecule has 0 amide bonds. The predicted molar refractivity (Wildman–Crippen MR) is 125 cm³/mol. The van der Waals surface area contributed by atoms with Gasteiger partial charge < -0.3 is 23.7 Å². The highest BCUT2D eigenvalue weighted by atomic mass is 35.5.